The van der Waals surface area contributed by atoms with Gasteiger partial charge in [-0.1, -0.05) is 53.5 Å². The summed E-state index contributed by atoms with van der Waals surface area (Å²) in [6.07, 6.45) is 12.8. The fourth-order valence-electron chi connectivity index (χ4n) is 8.46. The maximum Gasteiger partial charge on any atom is 0.274 e. The Kier molecular flexibility index (Phi) is 17.6. The van der Waals surface area contributed by atoms with Gasteiger partial charge in [-0.05, 0) is 185 Å². The number of aromatic nitrogens is 2. The van der Waals surface area contributed by atoms with E-state index in [1.54, 1.807) is 48.7 Å². The first kappa shape index (κ1) is 51.7. The summed E-state index contributed by atoms with van der Waals surface area (Å²) >= 11 is 3.41. The van der Waals surface area contributed by atoms with E-state index >= 15 is 0 Å². The summed E-state index contributed by atoms with van der Waals surface area (Å²) in [6.45, 7) is 26.3. The molecule has 0 aliphatic carbocycles. The first-order valence-corrected chi connectivity index (χ1v) is 25.1. The largest absolute Gasteiger partial charge is 0.496 e. The molecule has 0 atom stereocenters. The van der Waals surface area contributed by atoms with Gasteiger partial charge in [0.1, 0.15) is 11.4 Å². The summed E-state index contributed by atoms with van der Waals surface area (Å²) in [7, 11) is 5.28. The van der Waals surface area contributed by atoms with Crippen molar-refractivity contribution >= 4 is 40.2 Å². The Hall–Kier alpha value is -5.24. The van der Waals surface area contributed by atoms with Gasteiger partial charge in [-0.15, -0.1) is 29.1 Å². The molecule has 2 amide bonds. The number of carbonyl (C=O) groups excluding carboxylic acids is 2. The van der Waals surface area contributed by atoms with Crippen LogP contribution in [0.25, 0.3) is 16.4 Å². The lowest BCUT2D eigenvalue weighted by Crippen LogP contribution is -2.43. The van der Waals surface area contributed by atoms with E-state index in [0.717, 1.165) is 101 Å². The third-order valence-electron chi connectivity index (χ3n) is 12.1. The Labute approximate surface area is 404 Å². The number of ether oxygens (including phenoxy) is 1. The number of allylic oxidation sites excluding steroid dienone is 1. The van der Waals surface area contributed by atoms with Crippen LogP contribution in [0.2, 0.25) is 0 Å². The van der Waals surface area contributed by atoms with Crippen molar-refractivity contribution in [1.29, 1.82) is 0 Å². The van der Waals surface area contributed by atoms with Gasteiger partial charge in [0.2, 0.25) is 0 Å². The van der Waals surface area contributed by atoms with Crippen molar-refractivity contribution in [3.05, 3.63) is 126 Å². The number of hydrogen-bond donors (Lipinski definition) is 1. The molecule has 7 rings (SSSR count). The van der Waals surface area contributed by atoms with Crippen LogP contribution in [0, 0.1) is 45.0 Å². The Bertz CT molecular complexity index is 2640. The number of imidazole rings is 1. The van der Waals surface area contributed by atoms with Crippen molar-refractivity contribution in [2.75, 3.05) is 21.2 Å². The highest BCUT2D eigenvalue weighted by Crippen LogP contribution is 2.38. The third-order valence-corrected chi connectivity index (χ3v) is 14.2. The van der Waals surface area contributed by atoms with Gasteiger partial charge in [0.05, 0.1) is 29.1 Å². The van der Waals surface area contributed by atoms with Gasteiger partial charge >= 0.3 is 0 Å². The zero-order valence-corrected chi connectivity index (χ0v) is 43.7. The minimum Gasteiger partial charge on any atom is -0.496 e. The van der Waals surface area contributed by atoms with Crippen LogP contribution in [0.3, 0.4) is 0 Å². The summed E-state index contributed by atoms with van der Waals surface area (Å²) in [5.74, 6) is 5.63. The van der Waals surface area contributed by atoms with E-state index in [-0.39, 0.29) is 17.4 Å². The molecule has 351 valence electrons. The first-order valence-electron chi connectivity index (χ1n) is 23.4. The van der Waals surface area contributed by atoms with Crippen molar-refractivity contribution in [2.24, 2.45) is 16.8 Å². The number of amides is 2. The molecule has 0 bridgehead atoms. The fourth-order valence-corrected chi connectivity index (χ4v) is 10.2. The molecular formula is C56H72N5O3S2. The zero-order chi connectivity index (χ0) is 48.6. The van der Waals surface area contributed by atoms with Crippen LogP contribution in [-0.4, -0.2) is 58.7 Å². The number of aryl methyl sites for hydroxylation is 5. The molecule has 0 spiro atoms. The molecule has 5 aromatic rings. The number of fused-ring (bicyclic) bond motifs is 4. The summed E-state index contributed by atoms with van der Waals surface area (Å²) < 4.78 is 7.96. The number of carbonyl (C=O) groups is 2. The summed E-state index contributed by atoms with van der Waals surface area (Å²) in [6, 6.07) is 15.4. The molecule has 5 heterocycles. The number of hydrogen-bond acceptors (Lipinski definition) is 7. The second-order valence-corrected chi connectivity index (χ2v) is 21.4. The predicted molar refractivity (Wildman–Crippen MR) is 279 cm³/mol. The monoisotopic (exact) mass is 927 g/mol. The number of methoxy groups -OCH3 is 1. The summed E-state index contributed by atoms with van der Waals surface area (Å²) in [5, 5.41) is 4.90. The highest BCUT2D eigenvalue weighted by Gasteiger charge is 2.33. The number of terminal acetylenes is 1. The number of nitrogens with one attached hydrogen (secondary N) is 1. The topological polar surface area (TPSA) is 88.8 Å². The van der Waals surface area contributed by atoms with Crippen molar-refractivity contribution in [1.82, 2.24) is 19.8 Å². The van der Waals surface area contributed by atoms with Gasteiger partial charge in [0, 0.05) is 35.0 Å². The van der Waals surface area contributed by atoms with Gasteiger partial charge in [0.15, 0.2) is 11.5 Å². The first-order chi connectivity index (χ1) is 31.3. The lowest BCUT2D eigenvalue weighted by atomic mass is 9.90. The van der Waals surface area contributed by atoms with Crippen LogP contribution in [0.1, 0.15) is 140 Å². The zero-order valence-electron chi connectivity index (χ0n) is 42.0. The molecule has 2 aromatic carbocycles. The van der Waals surface area contributed by atoms with Crippen molar-refractivity contribution in [3.63, 3.8) is 0 Å². The van der Waals surface area contributed by atoms with Crippen LogP contribution in [0.5, 0.6) is 5.75 Å². The van der Waals surface area contributed by atoms with Crippen molar-refractivity contribution in [3.8, 4) is 34.5 Å². The number of likely N-dealkylation sites (N-methyl/N-ethyl adjacent to an activating group) is 1. The molecule has 1 N–H and O–H groups in total. The molecule has 10 heteroatoms. The van der Waals surface area contributed by atoms with Crippen molar-refractivity contribution in [2.45, 2.75) is 133 Å². The molecule has 8 nitrogen and oxygen atoms in total. The molecule has 2 aliphatic heterocycles. The standard InChI is InChI=1S/C28H33N3OS.C26H34N2O2S.C2H5/c1-9-19-14-20-10-11-22-25(27(32)30(8)28(5,6)7)29-26(24-13-18(4)16-33-24)31(22)23(20)15-21(19)12-17(2)3;1-16(2)13-21-14-19-10-11-22(24-12-8-18(4)31-24)28-25(26(29)27-5)17(3)7-9-20(19)15-23(21)30-6;1-2/h1,13-17H,10-12H2,2-8H3;8,12,14-16H,7,9-11,13H2,1-6H3,(H,27,29);1H2,2H3/b;25-17+,28-22?;. The number of nitrogens with zero attached hydrogens (tertiary/aromatic N) is 4. The third kappa shape index (κ3) is 12.0. The van der Waals surface area contributed by atoms with Crippen molar-refractivity contribution < 1.29 is 14.3 Å². The minimum atomic E-state index is -0.286. The highest BCUT2D eigenvalue weighted by atomic mass is 32.1. The van der Waals surface area contributed by atoms with Gasteiger partial charge in [-0.3, -0.25) is 14.2 Å². The molecule has 66 heavy (non-hydrogen) atoms. The number of rotatable bonds is 9. The highest BCUT2D eigenvalue weighted by molar-refractivity contribution is 7.14. The van der Waals surface area contributed by atoms with E-state index in [4.69, 9.17) is 21.1 Å². The van der Waals surface area contributed by atoms with Gasteiger partial charge in [0.25, 0.3) is 11.8 Å². The normalized spacial score (nSPS) is 14.6. The average Bonchev–Trinajstić information content (AvgIpc) is 4.03. The summed E-state index contributed by atoms with van der Waals surface area (Å²) in [4.78, 5) is 41.4. The molecule has 0 unspecified atom stereocenters. The van der Waals surface area contributed by atoms with Crippen LogP contribution < -0.4 is 10.1 Å². The van der Waals surface area contributed by atoms with Crippen LogP contribution in [0.15, 0.2) is 64.1 Å². The minimum absolute atomic E-state index is 0.0307. The maximum atomic E-state index is 13.6. The maximum absolute atomic E-state index is 13.6. The lowest BCUT2D eigenvalue weighted by Gasteiger charge is -2.32. The van der Waals surface area contributed by atoms with E-state index in [9.17, 15) is 9.59 Å². The Balaban J connectivity index is 0.000000239. The average molecular weight is 927 g/mol. The SMILES string of the molecule is C#Cc1cc2c(cc1CC(C)C)-n1c(-c3cc(C)cs3)nc(C(=O)N(C)C(C)(C)C)c1CC2.CNC(=O)/C1=C(/C)CCc2cc(OC)c(CC(C)C)cc2CCC(c2ccc(C)s2)=N1.[CH2]C. The molecule has 3 aromatic heterocycles. The van der Waals surface area contributed by atoms with Crippen LogP contribution in [0.4, 0.5) is 0 Å². The molecule has 0 saturated carbocycles. The van der Waals surface area contributed by atoms with E-state index in [1.807, 2.05) is 34.7 Å². The van der Waals surface area contributed by atoms with Gasteiger partial charge in [-0.2, -0.15) is 0 Å². The van der Waals surface area contributed by atoms with Crippen LogP contribution in [-0.2, 0) is 43.3 Å². The number of thiophene rings is 2. The Morgan fingerprint density at radius 2 is 1.55 bits per heavy atom. The second-order valence-electron chi connectivity index (χ2n) is 19.2. The van der Waals surface area contributed by atoms with Crippen LogP contribution >= 0.6 is 22.7 Å². The Morgan fingerprint density at radius 1 is 0.894 bits per heavy atom. The molecule has 1 radical (unpaired) electrons. The Morgan fingerprint density at radius 3 is 2.12 bits per heavy atom. The predicted octanol–water partition coefficient (Wildman–Crippen LogP) is 12.6. The molecular weight excluding hydrogens is 855 g/mol. The smallest absolute Gasteiger partial charge is 0.274 e. The number of aliphatic imine (C=N–C) groups is 1. The fraction of sp³-hybridized carbons (Fsp3) is 0.446. The number of benzene rings is 2. The van der Waals surface area contributed by atoms with E-state index in [0.29, 0.717) is 23.2 Å². The molecule has 0 fully saturated rings. The second kappa shape index (κ2) is 22.5. The van der Waals surface area contributed by atoms with E-state index < -0.39 is 0 Å². The lowest BCUT2D eigenvalue weighted by molar-refractivity contribution is -0.117. The molecule has 2 aliphatic rings. The quantitative estimate of drug-likeness (QED) is 0.149. The van der Waals surface area contributed by atoms with E-state index in [2.05, 4.69) is 112 Å². The van der Waals surface area contributed by atoms with Gasteiger partial charge in [-0.25, -0.2) is 9.98 Å². The van der Waals surface area contributed by atoms with E-state index in [1.165, 1.54) is 38.3 Å². The van der Waals surface area contributed by atoms with Gasteiger partial charge < -0.3 is 15.0 Å². The molecule has 0 saturated heterocycles. The summed E-state index contributed by atoms with van der Waals surface area (Å²) in [5.41, 5.74) is 13.5.